The van der Waals surface area contributed by atoms with Crippen LogP contribution in [0.3, 0.4) is 0 Å². The van der Waals surface area contributed by atoms with Crippen molar-refractivity contribution in [1.29, 1.82) is 0 Å². The van der Waals surface area contributed by atoms with Gasteiger partial charge in [-0.05, 0) is 62.7 Å². The van der Waals surface area contributed by atoms with Crippen LogP contribution in [0.5, 0.6) is 11.5 Å². The summed E-state index contributed by atoms with van der Waals surface area (Å²) in [6, 6.07) is 14.3. The predicted octanol–water partition coefficient (Wildman–Crippen LogP) is 4.78. The van der Waals surface area contributed by atoms with Gasteiger partial charge in [-0.2, -0.15) is 0 Å². The second kappa shape index (κ2) is 11.3. The van der Waals surface area contributed by atoms with E-state index in [0.717, 1.165) is 11.8 Å². The number of aryl methyl sites for hydroxylation is 1. The lowest BCUT2D eigenvalue weighted by molar-refractivity contribution is -0.133. The molecular weight excluding hydrogens is 629 g/mol. The van der Waals surface area contributed by atoms with E-state index in [2.05, 4.69) is 10.6 Å². The van der Waals surface area contributed by atoms with E-state index in [1.807, 2.05) is 23.8 Å². The van der Waals surface area contributed by atoms with E-state index in [1.165, 1.54) is 27.0 Å². The molecule has 2 aliphatic rings. The average molecular weight is 661 g/mol. The number of ether oxygens (including phenoxy) is 2. The lowest BCUT2D eigenvalue weighted by Crippen LogP contribution is -2.57. The second-order valence-corrected chi connectivity index (χ2v) is 14.1. The van der Waals surface area contributed by atoms with Crippen LogP contribution in [0.4, 0.5) is 5.69 Å². The van der Waals surface area contributed by atoms with Crippen LogP contribution >= 0.6 is 23.2 Å². The zero-order valence-corrected chi connectivity index (χ0v) is 26.9. The first-order chi connectivity index (χ1) is 20.6. The number of nitrogens with one attached hydrogen (secondary N) is 3. The number of hydrogen-bond acceptors (Lipinski definition) is 7. The Kier molecular flexibility index (Phi) is 8.11. The van der Waals surface area contributed by atoms with Crippen LogP contribution in [0, 0.1) is 6.92 Å². The molecule has 0 saturated carbocycles. The first kappa shape index (κ1) is 31.6. The molecule has 232 valence electrons. The van der Waals surface area contributed by atoms with E-state index in [1.54, 1.807) is 36.4 Å². The predicted molar refractivity (Wildman–Crippen MR) is 167 cm³/mol. The summed E-state index contributed by atoms with van der Waals surface area (Å²) in [7, 11) is -2.37. The van der Waals surface area contributed by atoms with Gasteiger partial charge in [-0.15, -0.1) is 0 Å². The number of hydrogen-bond donors (Lipinski definition) is 3. The molecule has 5 rings (SSSR count). The topological polar surface area (TPSA) is 140 Å². The van der Waals surface area contributed by atoms with Gasteiger partial charge in [-0.3, -0.25) is 14.4 Å². The summed E-state index contributed by atoms with van der Waals surface area (Å²) in [5.41, 5.74) is -0.228. The van der Waals surface area contributed by atoms with Gasteiger partial charge in [-0.25, -0.2) is 13.1 Å². The van der Waals surface area contributed by atoms with Crippen LogP contribution < -0.4 is 24.8 Å². The molecule has 1 spiro atoms. The third-order valence-corrected chi connectivity index (χ3v) is 9.01. The highest BCUT2D eigenvalue weighted by molar-refractivity contribution is 7.89. The van der Waals surface area contributed by atoms with Gasteiger partial charge in [-0.1, -0.05) is 47.0 Å². The highest BCUT2D eigenvalue weighted by Gasteiger charge is 2.62. The summed E-state index contributed by atoms with van der Waals surface area (Å²) in [5.74, 6) is -1.91. The number of carbonyl (C=O) groups is 3. The summed E-state index contributed by atoms with van der Waals surface area (Å²) in [5, 5.41) is 6.74. The molecule has 2 heterocycles. The van der Waals surface area contributed by atoms with Gasteiger partial charge >= 0.3 is 0 Å². The Labute approximate surface area is 265 Å². The SMILES string of the molecule is COc1ccc(C)cc1C1NC(=O)CC(c2cc(Cl)ccc2OC(C)(C)C(=O)NS(C)(=O)=O)C12C(=O)Nc1cc(Cl)ccc12. The molecule has 3 amide bonds. The van der Waals surface area contributed by atoms with Crippen molar-refractivity contribution in [3.8, 4) is 11.5 Å². The van der Waals surface area contributed by atoms with Gasteiger partial charge in [0.2, 0.25) is 21.8 Å². The minimum atomic E-state index is -3.88. The number of sulfonamides is 1. The Balaban J connectivity index is 1.77. The number of fused-ring (bicyclic) bond motifs is 2. The van der Waals surface area contributed by atoms with Crippen LogP contribution in [0.25, 0.3) is 0 Å². The Bertz CT molecular complexity index is 1810. The summed E-state index contributed by atoms with van der Waals surface area (Å²) in [6.45, 7) is 4.72. The lowest BCUT2D eigenvalue weighted by Gasteiger charge is -2.47. The fourth-order valence-corrected chi connectivity index (χ4v) is 7.03. The fraction of sp³-hybridized carbons (Fsp3) is 0.323. The van der Waals surface area contributed by atoms with Gasteiger partial charge in [0, 0.05) is 39.2 Å². The maximum atomic E-state index is 14.5. The molecule has 3 atom stereocenters. The fourth-order valence-electron chi connectivity index (χ4n) is 6.10. The third kappa shape index (κ3) is 5.60. The molecule has 2 aliphatic heterocycles. The van der Waals surface area contributed by atoms with Crippen molar-refractivity contribution in [3.05, 3.63) is 86.9 Å². The molecule has 3 aromatic carbocycles. The molecule has 3 unspecified atom stereocenters. The number of anilines is 1. The van der Waals surface area contributed by atoms with Crippen molar-refractivity contribution >= 4 is 56.6 Å². The maximum Gasteiger partial charge on any atom is 0.277 e. The standard InChI is InChI=1S/C31H31Cl2N3O7S/c1-16-6-10-24(42-4)20(12-16)27-31(21-9-7-18(33)14-23(21)34-29(31)39)22(15-26(37)35-27)19-13-17(32)8-11-25(19)43-30(2,3)28(38)36-44(5,40)41/h6-14,22,27H,15H2,1-5H3,(H,34,39)(H,35,37)(H,36,38). The van der Waals surface area contributed by atoms with E-state index in [-0.39, 0.29) is 18.1 Å². The largest absolute Gasteiger partial charge is 0.496 e. The van der Waals surface area contributed by atoms with Crippen LogP contribution in [0.15, 0.2) is 54.6 Å². The van der Waals surface area contributed by atoms with E-state index in [9.17, 15) is 22.8 Å². The number of rotatable bonds is 7. The molecule has 0 bridgehead atoms. The van der Waals surface area contributed by atoms with Crippen molar-refractivity contribution < 1.29 is 32.3 Å². The Hall–Kier alpha value is -3.80. The molecule has 1 saturated heterocycles. The Morgan fingerprint density at radius 1 is 1.00 bits per heavy atom. The molecule has 1 fully saturated rings. The number of piperidine rings is 1. The van der Waals surface area contributed by atoms with Crippen molar-refractivity contribution in [2.45, 2.75) is 50.2 Å². The van der Waals surface area contributed by atoms with Gasteiger partial charge < -0.3 is 20.1 Å². The van der Waals surface area contributed by atoms with Crippen molar-refractivity contribution in [1.82, 2.24) is 10.0 Å². The summed E-state index contributed by atoms with van der Waals surface area (Å²) in [6.07, 6.45) is 0.716. The Morgan fingerprint density at radius 3 is 2.34 bits per heavy atom. The monoisotopic (exact) mass is 659 g/mol. The minimum Gasteiger partial charge on any atom is -0.496 e. The highest BCUT2D eigenvalue weighted by Crippen LogP contribution is 2.59. The first-order valence-electron chi connectivity index (χ1n) is 13.6. The molecular formula is C31H31Cl2N3O7S. The molecule has 3 N–H and O–H groups in total. The summed E-state index contributed by atoms with van der Waals surface area (Å²) < 4.78 is 37.5. The smallest absolute Gasteiger partial charge is 0.277 e. The normalized spacial score (nSPS) is 21.3. The molecule has 0 radical (unpaired) electrons. The zero-order valence-electron chi connectivity index (χ0n) is 24.6. The quantitative estimate of drug-likeness (QED) is 0.332. The van der Waals surface area contributed by atoms with E-state index in [0.29, 0.717) is 38.2 Å². The molecule has 0 aliphatic carbocycles. The minimum absolute atomic E-state index is 0.146. The van der Waals surface area contributed by atoms with Gasteiger partial charge in [0.1, 0.15) is 16.9 Å². The summed E-state index contributed by atoms with van der Waals surface area (Å²) in [4.78, 5) is 41.0. The van der Waals surface area contributed by atoms with Gasteiger partial charge in [0.25, 0.3) is 5.91 Å². The molecule has 3 aromatic rings. The van der Waals surface area contributed by atoms with Crippen molar-refractivity contribution in [2.24, 2.45) is 0 Å². The maximum absolute atomic E-state index is 14.5. The number of benzene rings is 3. The average Bonchev–Trinajstić information content (AvgIpc) is 3.20. The lowest BCUT2D eigenvalue weighted by atomic mass is 9.59. The molecule has 10 nitrogen and oxygen atoms in total. The van der Waals surface area contributed by atoms with Crippen LogP contribution in [0.1, 0.15) is 54.5 Å². The third-order valence-electron chi connectivity index (χ3n) is 7.98. The molecule has 44 heavy (non-hydrogen) atoms. The van der Waals surface area contributed by atoms with E-state index >= 15 is 0 Å². The van der Waals surface area contributed by atoms with Crippen LogP contribution in [-0.2, 0) is 29.8 Å². The first-order valence-corrected chi connectivity index (χ1v) is 16.3. The number of methoxy groups -OCH3 is 1. The molecule has 0 aromatic heterocycles. The van der Waals surface area contributed by atoms with Crippen molar-refractivity contribution in [3.63, 3.8) is 0 Å². The Morgan fingerprint density at radius 2 is 1.66 bits per heavy atom. The number of carbonyl (C=O) groups excluding carboxylic acids is 3. The van der Waals surface area contributed by atoms with Crippen LogP contribution in [-0.4, -0.2) is 45.1 Å². The van der Waals surface area contributed by atoms with E-state index in [4.69, 9.17) is 32.7 Å². The highest BCUT2D eigenvalue weighted by atomic mass is 35.5. The van der Waals surface area contributed by atoms with Gasteiger partial charge in [0.15, 0.2) is 5.60 Å². The van der Waals surface area contributed by atoms with Gasteiger partial charge in [0.05, 0.1) is 19.4 Å². The summed E-state index contributed by atoms with van der Waals surface area (Å²) >= 11 is 12.8. The second-order valence-electron chi connectivity index (χ2n) is 11.5. The zero-order chi connectivity index (χ0) is 32.2. The van der Waals surface area contributed by atoms with E-state index < -0.39 is 44.8 Å². The number of halogens is 2. The van der Waals surface area contributed by atoms with Crippen molar-refractivity contribution in [2.75, 3.05) is 18.7 Å². The number of amides is 3. The van der Waals surface area contributed by atoms with Crippen LogP contribution in [0.2, 0.25) is 10.0 Å². The molecule has 13 heteroatoms.